The third kappa shape index (κ3) is 6.46. The van der Waals surface area contributed by atoms with Gasteiger partial charge in [-0.05, 0) is 63.3 Å². The van der Waals surface area contributed by atoms with Crippen LogP contribution < -0.4 is 8.85 Å². The fourth-order valence-corrected chi connectivity index (χ4v) is 6.97. The van der Waals surface area contributed by atoms with Gasteiger partial charge in [0.25, 0.3) is 15.9 Å². The molecule has 0 spiro atoms. The highest BCUT2D eigenvalue weighted by atomic mass is 32.3. The molecular formula is C19H19F9N2O9S3. The number of rotatable bonds is 10. The molecule has 0 bridgehead atoms. The van der Waals surface area contributed by atoms with Gasteiger partial charge in [0.1, 0.15) is 5.60 Å². The van der Waals surface area contributed by atoms with Gasteiger partial charge in [-0.2, -0.15) is 47.9 Å². The summed E-state index contributed by atoms with van der Waals surface area (Å²) in [5.41, 5.74) is -9.09. The molecule has 0 unspecified atom stereocenters. The Morgan fingerprint density at radius 1 is 0.762 bits per heavy atom. The van der Waals surface area contributed by atoms with E-state index in [1.165, 1.54) is 6.92 Å². The average molecular weight is 687 g/mol. The summed E-state index contributed by atoms with van der Waals surface area (Å²) in [7, 11) is -22.8. The van der Waals surface area contributed by atoms with Crippen LogP contribution in [0.5, 0.6) is 0 Å². The SMILES string of the molecule is Cc1cc(C(=O)NS(=O)(=O)C(F)(F)C(F)(F)C(F)(F)S(=O)(=O)NS(=O)(=O)C(F)(F)F)cc(C(=O)OC2(C)CCCC2)c1. The number of aryl methyl sites for hydroxylation is 1. The maximum absolute atomic E-state index is 14.3. The van der Waals surface area contributed by atoms with E-state index in [1.54, 1.807) is 6.92 Å². The van der Waals surface area contributed by atoms with E-state index in [0.717, 1.165) is 12.1 Å². The normalized spacial score (nSPS) is 17.1. The topological polar surface area (TPSA) is 170 Å². The Labute approximate surface area is 231 Å². The van der Waals surface area contributed by atoms with Gasteiger partial charge in [-0.25, -0.2) is 26.4 Å². The lowest BCUT2D eigenvalue weighted by Crippen LogP contribution is -2.65. The smallest absolute Gasteiger partial charge is 0.456 e. The average Bonchev–Trinajstić information content (AvgIpc) is 3.22. The molecule has 1 aromatic carbocycles. The lowest BCUT2D eigenvalue weighted by molar-refractivity contribution is -0.244. The van der Waals surface area contributed by atoms with E-state index >= 15 is 0 Å². The van der Waals surface area contributed by atoms with Gasteiger partial charge in [-0.3, -0.25) is 4.79 Å². The maximum atomic E-state index is 14.3. The van der Waals surface area contributed by atoms with Crippen LogP contribution in [0.2, 0.25) is 0 Å². The van der Waals surface area contributed by atoms with Gasteiger partial charge in [-0.15, -0.1) is 0 Å². The molecule has 11 nitrogen and oxygen atoms in total. The number of sulfonamides is 3. The first-order chi connectivity index (χ1) is 18.5. The summed E-state index contributed by atoms with van der Waals surface area (Å²) in [5, 5.41) is -14.9. The first-order valence-electron chi connectivity index (χ1n) is 10.9. The molecule has 42 heavy (non-hydrogen) atoms. The molecule has 0 saturated heterocycles. The molecule has 1 amide bonds. The second-order valence-electron chi connectivity index (χ2n) is 9.21. The predicted molar refractivity (Wildman–Crippen MR) is 122 cm³/mol. The van der Waals surface area contributed by atoms with E-state index in [1.807, 2.05) is 0 Å². The largest absolute Gasteiger partial charge is 0.512 e. The number of halogens is 9. The van der Waals surface area contributed by atoms with Crippen LogP contribution >= 0.6 is 0 Å². The van der Waals surface area contributed by atoms with Crippen molar-refractivity contribution >= 4 is 41.9 Å². The number of alkyl halides is 9. The molecule has 23 heteroatoms. The standard InChI is InChI=1S/C19H19F9N2O9S3/c1-10-7-11(9-12(8-10)14(32)39-15(2)5-3-4-6-15)13(31)29-40(33,34)17(22,23)16(20,21)18(24,25)41(35,36)30-42(37,38)19(26,27)28/h7-9,30H,3-6H2,1-2H3,(H,29,31). The molecule has 1 aliphatic rings. The molecule has 2 rings (SSSR count). The maximum Gasteiger partial charge on any atom is 0.512 e. The van der Waals surface area contributed by atoms with E-state index in [-0.39, 0.29) is 5.56 Å². The highest BCUT2D eigenvalue weighted by molar-refractivity contribution is 8.05. The van der Waals surface area contributed by atoms with E-state index in [0.29, 0.717) is 36.5 Å². The predicted octanol–water partition coefficient (Wildman–Crippen LogP) is 3.13. The third-order valence-electron chi connectivity index (χ3n) is 5.73. The molecule has 0 aromatic heterocycles. The Morgan fingerprint density at radius 3 is 1.69 bits per heavy atom. The van der Waals surface area contributed by atoms with Gasteiger partial charge in [0.2, 0.25) is 0 Å². The zero-order chi connectivity index (χ0) is 33.0. The number of carbonyl (C=O) groups excluding carboxylic acids is 2. The minimum Gasteiger partial charge on any atom is -0.456 e. The number of nitrogens with one attached hydrogen (secondary N) is 2. The molecule has 1 fully saturated rings. The first kappa shape index (κ1) is 35.5. The minimum atomic E-state index is -7.97. The quantitative estimate of drug-likeness (QED) is 0.277. The van der Waals surface area contributed by atoms with E-state index in [9.17, 15) is 74.4 Å². The minimum absolute atomic E-state index is 0.0183. The second kappa shape index (κ2) is 10.8. The van der Waals surface area contributed by atoms with E-state index in [4.69, 9.17) is 4.74 Å². The molecule has 2 N–H and O–H groups in total. The summed E-state index contributed by atoms with van der Waals surface area (Å²) in [4.78, 5) is 24.9. The van der Waals surface area contributed by atoms with Crippen LogP contribution in [-0.2, 0) is 34.8 Å². The Balaban J connectivity index is 2.42. The summed E-state index contributed by atoms with van der Waals surface area (Å²) in [6.45, 7) is 2.79. The van der Waals surface area contributed by atoms with Crippen molar-refractivity contribution in [2.45, 2.75) is 67.1 Å². The van der Waals surface area contributed by atoms with Crippen LogP contribution in [-0.4, -0.2) is 64.7 Å². The van der Waals surface area contributed by atoms with Gasteiger partial charge in [0.05, 0.1) is 5.56 Å². The highest BCUT2D eigenvalue weighted by Gasteiger charge is 2.83. The van der Waals surface area contributed by atoms with Crippen molar-refractivity contribution in [1.29, 1.82) is 0 Å². The zero-order valence-corrected chi connectivity index (χ0v) is 23.3. The van der Waals surface area contributed by atoms with Crippen LogP contribution in [0, 0.1) is 6.92 Å². The Morgan fingerprint density at radius 2 is 1.21 bits per heavy atom. The monoisotopic (exact) mass is 686 g/mol. The van der Waals surface area contributed by atoms with Gasteiger partial charge in [0, 0.05) is 5.56 Å². The molecule has 0 heterocycles. The number of hydrogen-bond donors (Lipinski definition) is 2. The van der Waals surface area contributed by atoms with Crippen LogP contribution in [0.1, 0.15) is 58.9 Å². The third-order valence-corrected chi connectivity index (χ3v) is 10.4. The highest BCUT2D eigenvalue weighted by Crippen LogP contribution is 2.50. The van der Waals surface area contributed by atoms with Crippen molar-refractivity contribution < 1.29 is 79.1 Å². The molecule has 1 saturated carbocycles. The number of ether oxygens (including phenoxy) is 1. The summed E-state index contributed by atoms with van der Waals surface area (Å²) in [6, 6.07) is 2.40. The summed E-state index contributed by atoms with van der Waals surface area (Å²) in [6.07, 6.45) is 2.32. The molecule has 0 atom stereocenters. The molecule has 1 aromatic rings. The molecule has 1 aliphatic carbocycles. The van der Waals surface area contributed by atoms with Crippen LogP contribution in [0.15, 0.2) is 18.2 Å². The lowest BCUT2D eigenvalue weighted by Gasteiger charge is -2.31. The second-order valence-corrected chi connectivity index (χ2v) is 14.6. The number of esters is 1. The summed E-state index contributed by atoms with van der Waals surface area (Å²) in [5.74, 6) is -11.0. The number of hydrogen-bond acceptors (Lipinski definition) is 9. The van der Waals surface area contributed by atoms with Crippen molar-refractivity contribution in [3.05, 3.63) is 34.9 Å². The number of carbonyl (C=O) groups is 2. The molecular weight excluding hydrogens is 667 g/mol. The van der Waals surface area contributed by atoms with Gasteiger partial charge < -0.3 is 4.74 Å². The first-order valence-corrected chi connectivity index (χ1v) is 15.4. The number of benzene rings is 1. The van der Waals surface area contributed by atoms with Crippen LogP contribution in [0.4, 0.5) is 39.5 Å². The van der Waals surface area contributed by atoms with Crippen molar-refractivity contribution in [2.75, 3.05) is 0 Å². The van der Waals surface area contributed by atoms with Crippen molar-refractivity contribution in [3.8, 4) is 0 Å². The zero-order valence-electron chi connectivity index (χ0n) is 20.9. The molecule has 0 aliphatic heterocycles. The Hall–Kier alpha value is -2.66. The van der Waals surface area contributed by atoms with Crippen molar-refractivity contribution in [2.24, 2.45) is 0 Å². The lowest BCUT2D eigenvalue weighted by atomic mass is 10.0. The van der Waals surface area contributed by atoms with E-state index in [2.05, 4.69) is 0 Å². The van der Waals surface area contributed by atoms with Crippen LogP contribution in [0.3, 0.4) is 0 Å². The fourth-order valence-electron chi connectivity index (χ4n) is 3.54. The van der Waals surface area contributed by atoms with Crippen LogP contribution in [0.25, 0.3) is 0 Å². The molecule has 240 valence electrons. The fraction of sp³-hybridized carbons (Fsp3) is 0.579. The molecule has 0 radical (unpaired) electrons. The Bertz CT molecular complexity index is 1590. The van der Waals surface area contributed by atoms with Gasteiger partial charge in [0.15, 0.2) is 0 Å². The summed E-state index contributed by atoms with van der Waals surface area (Å²) < 4.78 is 195. The number of amides is 1. The van der Waals surface area contributed by atoms with Gasteiger partial charge in [-0.1, -0.05) is 4.13 Å². The van der Waals surface area contributed by atoms with E-state index < -0.39 is 84.7 Å². The van der Waals surface area contributed by atoms with Crippen molar-refractivity contribution in [3.63, 3.8) is 0 Å². The summed E-state index contributed by atoms with van der Waals surface area (Å²) >= 11 is 0. The Kier molecular flexibility index (Phi) is 9.14. The van der Waals surface area contributed by atoms with Gasteiger partial charge >= 0.3 is 48.0 Å². The van der Waals surface area contributed by atoms with Crippen molar-refractivity contribution in [1.82, 2.24) is 8.85 Å².